The van der Waals surface area contributed by atoms with Gasteiger partial charge in [-0.25, -0.2) is 14.5 Å². The van der Waals surface area contributed by atoms with Crippen molar-refractivity contribution in [2.24, 2.45) is 7.05 Å². The average Bonchev–Trinajstić information content (AvgIpc) is 3.41. The van der Waals surface area contributed by atoms with E-state index in [1.165, 1.54) is 29.2 Å². The second kappa shape index (κ2) is 9.43. The number of nitrogens with zero attached hydrogens (tertiary/aromatic N) is 7. The fourth-order valence-corrected chi connectivity index (χ4v) is 4.84. The molecular weight excluding hydrogens is 560 g/mol. The minimum absolute atomic E-state index is 0.109. The molecule has 1 fully saturated rings. The highest BCUT2D eigenvalue weighted by Crippen LogP contribution is 2.39. The molecule has 0 bridgehead atoms. The van der Waals surface area contributed by atoms with Crippen LogP contribution in [0.4, 0.5) is 24.8 Å². The third-order valence-electron chi connectivity index (χ3n) is 6.20. The number of halogens is 5. The number of hydrogen-bond acceptors (Lipinski definition) is 8. The molecule has 0 aliphatic carbocycles. The van der Waals surface area contributed by atoms with Gasteiger partial charge in [-0.2, -0.15) is 23.3 Å². The van der Waals surface area contributed by atoms with Crippen LogP contribution in [0.1, 0.15) is 5.56 Å². The van der Waals surface area contributed by atoms with E-state index in [9.17, 15) is 13.2 Å². The molecule has 10 nitrogen and oxygen atoms in total. The maximum atomic E-state index is 13.6. The number of aromatic nitrogens is 6. The SMILES string of the molecule is CN1CC(Oc2cc(Nc3nc4ncc(Oc5cnn6ccnc(Cl)c56)c(Cl)c4n3C)cc(C(F)(F)F)c2)C1. The number of benzene rings is 1. The van der Waals surface area contributed by atoms with Crippen molar-refractivity contribution in [2.75, 3.05) is 25.5 Å². The fourth-order valence-electron chi connectivity index (χ4n) is 4.31. The Bertz CT molecular complexity index is 1720. The zero-order valence-corrected chi connectivity index (χ0v) is 21.9. The summed E-state index contributed by atoms with van der Waals surface area (Å²) in [6.07, 6.45) is 1.23. The number of hydrogen-bond donors (Lipinski definition) is 1. The lowest BCUT2D eigenvalue weighted by atomic mass is 10.1. The third kappa shape index (κ3) is 4.77. The monoisotopic (exact) mass is 578 g/mol. The van der Waals surface area contributed by atoms with Crippen LogP contribution in [-0.4, -0.2) is 60.3 Å². The Morgan fingerprint density at radius 3 is 2.56 bits per heavy atom. The van der Waals surface area contributed by atoms with E-state index in [-0.39, 0.29) is 45.1 Å². The van der Waals surface area contributed by atoms with Crippen molar-refractivity contribution in [3.63, 3.8) is 0 Å². The molecule has 6 rings (SSSR count). The van der Waals surface area contributed by atoms with E-state index in [0.29, 0.717) is 29.9 Å². The highest BCUT2D eigenvalue weighted by Gasteiger charge is 2.33. The van der Waals surface area contributed by atoms with Crippen molar-refractivity contribution in [3.05, 3.63) is 58.7 Å². The lowest BCUT2D eigenvalue weighted by molar-refractivity contribution is -0.137. The van der Waals surface area contributed by atoms with Crippen molar-refractivity contribution in [1.29, 1.82) is 0 Å². The van der Waals surface area contributed by atoms with Crippen molar-refractivity contribution < 1.29 is 22.6 Å². The zero-order chi connectivity index (χ0) is 27.5. The summed E-state index contributed by atoms with van der Waals surface area (Å²) in [5.41, 5.74) is 0.407. The van der Waals surface area contributed by atoms with Crippen LogP contribution in [0.2, 0.25) is 10.2 Å². The molecule has 1 aliphatic rings. The lowest BCUT2D eigenvalue weighted by Crippen LogP contribution is -2.51. The van der Waals surface area contributed by atoms with Crippen LogP contribution >= 0.6 is 23.2 Å². The van der Waals surface area contributed by atoms with Crippen LogP contribution in [0, 0.1) is 0 Å². The number of likely N-dealkylation sites (N-methyl/N-ethyl adjacent to an activating group) is 1. The number of anilines is 2. The number of aryl methyl sites for hydroxylation is 1. The Kier molecular flexibility index (Phi) is 6.16. The van der Waals surface area contributed by atoms with Crippen molar-refractivity contribution in [3.8, 4) is 17.2 Å². The number of imidazole rings is 1. The van der Waals surface area contributed by atoms with Crippen LogP contribution in [-0.2, 0) is 13.2 Å². The second-order valence-corrected chi connectivity index (χ2v) is 9.79. The smallest absolute Gasteiger partial charge is 0.416 e. The van der Waals surface area contributed by atoms with Crippen molar-refractivity contribution in [1.82, 2.24) is 34.0 Å². The van der Waals surface area contributed by atoms with E-state index in [0.717, 1.165) is 12.1 Å². The topological polar surface area (TPSA) is 94.6 Å². The summed E-state index contributed by atoms with van der Waals surface area (Å²) in [4.78, 5) is 14.8. The maximum absolute atomic E-state index is 13.6. The van der Waals surface area contributed by atoms with E-state index in [1.807, 2.05) is 11.9 Å². The normalized spacial score (nSPS) is 14.6. The number of fused-ring (bicyclic) bond motifs is 2. The Balaban J connectivity index is 1.33. The summed E-state index contributed by atoms with van der Waals surface area (Å²) in [6.45, 7) is 1.27. The average molecular weight is 579 g/mol. The van der Waals surface area contributed by atoms with Gasteiger partial charge in [0.05, 0.1) is 18.0 Å². The summed E-state index contributed by atoms with van der Waals surface area (Å²) >= 11 is 12.9. The van der Waals surface area contributed by atoms with Gasteiger partial charge < -0.3 is 19.4 Å². The highest BCUT2D eigenvalue weighted by molar-refractivity contribution is 6.36. The van der Waals surface area contributed by atoms with Gasteiger partial charge in [0.15, 0.2) is 22.3 Å². The first kappa shape index (κ1) is 25.5. The van der Waals surface area contributed by atoms with E-state index < -0.39 is 11.7 Å². The van der Waals surface area contributed by atoms with Crippen molar-refractivity contribution in [2.45, 2.75) is 12.3 Å². The summed E-state index contributed by atoms with van der Waals surface area (Å²) in [5.74, 6) is 0.839. The molecule has 39 heavy (non-hydrogen) atoms. The van der Waals surface area contributed by atoms with Crippen molar-refractivity contribution >= 4 is 51.5 Å². The summed E-state index contributed by atoms with van der Waals surface area (Å²) < 4.78 is 55.7. The van der Waals surface area contributed by atoms with Gasteiger partial charge in [-0.1, -0.05) is 23.2 Å². The van der Waals surface area contributed by atoms with Gasteiger partial charge in [0, 0.05) is 44.3 Å². The molecule has 1 saturated heterocycles. The van der Waals surface area contributed by atoms with Gasteiger partial charge in [-0.05, 0) is 19.2 Å². The zero-order valence-electron chi connectivity index (χ0n) is 20.4. The lowest BCUT2D eigenvalue weighted by Gasteiger charge is -2.36. The molecule has 15 heteroatoms. The number of ether oxygens (including phenoxy) is 2. The van der Waals surface area contributed by atoms with Gasteiger partial charge in [-0.15, -0.1) is 0 Å². The molecule has 1 aromatic carbocycles. The Labute approximate surface area is 228 Å². The summed E-state index contributed by atoms with van der Waals surface area (Å²) in [5, 5.41) is 7.50. The standard InChI is InChI=1S/C24H19Cl2F3N8O2/c1-35-10-15(11-35)38-14-6-12(24(27,28)29)5-13(7-14)33-23-34-22-20(36(23)2)18(25)16(8-31-22)39-17-9-32-37-4-3-30-21(26)19(17)37/h3-9,15H,10-11H2,1-2H3,(H,31,33,34). The maximum Gasteiger partial charge on any atom is 0.416 e. The molecule has 5 aromatic rings. The number of pyridine rings is 1. The van der Waals surface area contributed by atoms with Crippen LogP contribution < -0.4 is 14.8 Å². The molecular formula is C24H19Cl2F3N8O2. The quantitative estimate of drug-likeness (QED) is 0.279. The Hall–Kier alpha value is -3.81. The van der Waals surface area contributed by atoms with E-state index in [1.54, 1.807) is 17.8 Å². The Morgan fingerprint density at radius 1 is 1.03 bits per heavy atom. The molecule has 5 heterocycles. The number of alkyl halides is 3. The molecule has 202 valence electrons. The minimum atomic E-state index is -4.56. The predicted octanol–water partition coefficient (Wildman–Crippen LogP) is 5.57. The van der Waals surface area contributed by atoms with Crippen LogP contribution in [0.15, 0.2) is 43.0 Å². The van der Waals surface area contributed by atoms with Gasteiger partial charge in [-0.3, -0.25) is 4.90 Å². The van der Waals surface area contributed by atoms with Gasteiger partial charge >= 0.3 is 6.18 Å². The van der Waals surface area contributed by atoms with Crippen LogP contribution in [0.3, 0.4) is 0 Å². The largest absolute Gasteiger partial charge is 0.488 e. The first-order chi connectivity index (χ1) is 18.6. The molecule has 0 amide bonds. The molecule has 0 spiro atoms. The highest BCUT2D eigenvalue weighted by atomic mass is 35.5. The number of rotatable bonds is 6. The molecule has 0 unspecified atom stereocenters. The van der Waals surface area contributed by atoms with E-state index >= 15 is 0 Å². The van der Waals surface area contributed by atoms with Crippen LogP contribution in [0.25, 0.3) is 16.7 Å². The number of likely N-dealkylation sites (tertiary alicyclic amines) is 1. The van der Waals surface area contributed by atoms with Gasteiger partial charge in [0.2, 0.25) is 5.95 Å². The fraction of sp³-hybridized carbons (Fsp3) is 0.250. The molecule has 1 aliphatic heterocycles. The summed E-state index contributed by atoms with van der Waals surface area (Å²) in [6, 6.07) is 3.48. The molecule has 1 N–H and O–H groups in total. The van der Waals surface area contributed by atoms with Gasteiger partial charge in [0.25, 0.3) is 0 Å². The molecule has 4 aromatic heterocycles. The minimum Gasteiger partial charge on any atom is -0.488 e. The third-order valence-corrected chi connectivity index (χ3v) is 6.84. The second-order valence-electron chi connectivity index (χ2n) is 9.06. The molecule has 0 radical (unpaired) electrons. The van der Waals surface area contributed by atoms with Gasteiger partial charge in [0.1, 0.15) is 27.9 Å². The first-order valence-electron chi connectivity index (χ1n) is 11.6. The Morgan fingerprint density at radius 2 is 1.82 bits per heavy atom. The van der Waals surface area contributed by atoms with E-state index in [4.69, 9.17) is 32.7 Å². The number of nitrogens with one attached hydrogen (secondary N) is 1. The first-order valence-corrected chi connectivity index (χ1v) is 12.3. The predicted molar refractivity (Wildman–Crippen MR) is 138 cm³/mol. The van der Waals surface area contributed by atoms with E-state index in [2.05, 4.69) is 25.4 Å². The molecule has 0 atom stereocenters. The summed E-state index contributed by atoms with van der Waals surface area (Å²) in [7, 11) is 3.56. The molecule has 0 saturated carbocycles. The van der Waals surface area contributed by atoms with Crippen LogP contribution in [0.5, 0.6) is 17.2 Å².